The predicted octanol–water partition coefficient (Wildman–Crippen LogP) is 4.26. The van der Waals surface area contributed by atoms with Gasteiger partial charge in [0.15, 0.2) is 0 Å². The van der Waals surface area contributed by atoms with Crippen molar-refractivity contribution in [3.63, 3.8) is 0 Å². The van der Waals surface area contributed by atoms with Crippen LogP contribution in [0.1, 0.15) is 57.9 Å². The Morgan fingerprint density at radius 2 is 1.85 bits per heavy atom. The highest BCUT2D eigenvalue weighted by molar-refractivity contribution is 5.33. The standard InChI is InChI=1S/C18H26O2/c1-13(2)14-8-10-18(19,11-9-14)15-4-3-5-17(12-15)20-16-6-7-16/h3-5,12-14,16,19H,6-11H2,1-2H3. The van der Waals surface area contributed by atoms with E-state index in [1.807, 2.05) is 18.2 Å². The van der Waals surface area contributed by atoms with Gasteiger partial charge in [-0.05, 0) is 68.1 Å². The van der Waals surface area contributed by atoms with E-state index in [2.05, 4.69) is 19.9 Å². The van der Waals surface area contributed by atoms with Crippen molar-refractivity contribution < 1.29 is 9.84 Å². The summed E-state index contributed by atoms with van der Waals surface area (Å²) in [5, 5.41) is 11.0. The summed E-state index contributed by atoms with van der Waals surface area (Å²) >= 11 is 0. The lowest BCUT2D eigenvalue weighted by Crippen LogP contribution is -2.32. The molecule has 0 unspecified atom stereocenters. The van der Waals surface area contributed by atoms with Crippen molar-refractivity contribution in [2.24, 2.45) is 11.8 Å². The molecule has 2 aliphatic rings. The second kappa shape index (κ2) is 5.40. The third kappa shape index (κ3) is 3.01. The van der Waals surface area contributed by atoms with E-state index < -0.39 is 5.60 Å². The first-order valence-corrected chi connectivity index (χ1v) is 8.06. The van der Waals surface area contributed by atoms with Gasteiger partial charge in [-0.2, -0.15) is 0 Å². The number of rotatable bonds is 4. The van der Waals surface area contributed by atoms with Crippen LogP contribution in [-0.4, -0.2) is 11.2 Å². The molecule has 1 aromatic rings. The van der Waals surface area contributed by atoms with E-state index >= 15 is 0 Å². The highest BCUT2D eigenvalue weighted by atomic mass is 16.5. The van der Waals surface area contributed by atoms with Crippen molar-refractivity contribution in [3.8, 4) is 5.75 Å². The van der Waals surface area contributed by atoms with Gasteiger partial charge < -0.3 is 9.84 Å². The molecule has 3 rings (SSSR count). The number of ether oxygens (including phenoxy) is 1. The maximum atomic E-state index is 11.0. The monoisotopic (exact) mass is 274 g/mol. The van der Waals surface area contributed by atoms with Crippen molar-refractivity contribution >= 4 is 0 Å². The minimum absolute atomic E-state index is 0.413. The summed E-state index contributed by atoms with van der Waals surface area (Å²) in [6, 6.07) is 8.12. The van der Waals surface area contributed by atoms with Gasteiger partial charge >= 0.3 is 0 Å². The van der Waals surface area contributed by atoms with Gasteiger partial charge in [0.25, 0.3) is 0 Å². The Labute approximate surface area is 122 Å². The molecular weight excluding hydrogens is 248 g/mol. The third-order valence-electron chi connectivity index (χ3n) is 5.00. The molecule has 0 aliphatic heterocycles. The summed E-state index contributed by atoms with van der Waals surface area (Å²) in [4.78, 5) is 0. The van der Waals surface area contributed by atoms with Crippen LogP contribution in [0.4, 0.5) is 0 Å². The number of hydrogen-bond acceptors (Lipinski definition) is 2. The second-order valence-electron chi connectivity index (χ2n) is 6.96. The first-order valence-electron chi connectivity index (χ1n) is 8.06. The Hall–Kier alpha value is -1.02. The first-order chi connectivity index (χ1) is 9.57. The summed E-state index contributed by atoms with van der Waals surface area (Å²) in [7, 11) is 0. The smallest absolute Gasteiger partial charge is 0.120 e. The van der Waals surface area contributed by atoms with Gasteiger partial charge in [-0.15, -0.1) is 0 Å². The predicted molar refractivity (Wildman–Crippen MR) is 80.8 cm³/mol. The molecule has 110 valence electrons. The van der Waals surface area contributed by atoms with Gasteiger partial charge in [-0.25, -0.2) is 0 Å². The minimum atomic E-state index is -0.645. The number of hydrogen-bond donors (Lipinski definition) is 1. The van der Waals surface area contributed by atoms with E-state index in [0.29, 0.717) is 6.10 Å². The highest BCUT2D eigenvalue weighted by Crippen LogP contribution is 2.42. The molecular formula is C18H26O2. The topological polar surface area (TPSA) is 29.5 Å². The maximum absolute atomic E-state index is 11.0. The van der Waals surface area contributed by atoms with Crippen molar-refractivity contribution in [1.82, 2.24) is 0 Å². The Morgan fingerprint density at radius 1 is 1.15 bits per heavy atom. The van der Waals surface area contributed by atoms with Crippen LogP contribution in [0.3, 0.4) is 0 Å². The van der Waals surface area contributed by atoms with Crippen molar-refractivity contribution in [3.05, 3.63) is 29.8 Å². The van der Waals surface area contributed by atoms with Crippen molar-refractivity contribution in [1.29, 1.82) is 0 Å². The number of aliphatic hydroxyl groups is 1. The van der Waals surface area contributed by atoms with E-state index in [-0.39, 0.29) is 0 Å². The summed E-state index contributed by atoms with van der Waals surface area (Å²) in [6.07, 6.45) is 6.77. The molecule has 2 aliphatic carbocycles. The van der Waals surface area contributed by atoms with Gasteiger partial charge in [-0.1, -0.05) is 26.0 Å². The minimum Gasteiger partial charge on any atom is -0.490 e. The van der Waals surface area contributed by atoms with Crippen LogP contribution in [0, 0.1) is 11.8 Å². The average molecular weight is 274 g/mol. The fraction of sp³-hybridized carbons (Fsp3) is 0.667. The van der Waals surface area contributed by atoms with Crippen LogP contribution in [0.25, 0.3) is 0 Å². The van der Waals surface area contributed by atoms with Gasteiger partial charge in [0.2, 0.25) is 0 Å². The van der Waals surface area contributed by atoms with Crippen molar-refractivity contribution in [2.45, 2.75) is 64.1 Å². The Morgan fingerprint density at radius 3 is 2.45 bits per heavy atom. The van der Waals surface area contributed by atoms with E-state index in [9.17, 15) is 5.11 Å². The van der Waals surface area contributed by atoms with Crippen LogP contribution >= 0.6 is 0 Å². The molecule has 0 atom stereocenters. The van der Waals surface area contributed by atoms with Crippen LogP contribution in [0.15, 0.2) is 24.3 Å². The molecule has 2 heteroatoms. The molecule has 0 aromatic heterocycles. The SMILES string of the molecule is CC(C)C1CCC(O)(c2cccc(OC3CC3)c2)CC1. The molecule has 20 heavy (non-hydrogen) atoms. The van der Waals surface area contributed by atoms with E-state index in [4.69, 9.17) is 4.74 Å². The molecule has 0 heterocycles. The lowest BCUT2D eigenvalue weighted by atomic mass is 9.72. The summed E-state index contributed by atoms with van der Waals surface area (Å²) in [6.45, 7) is 4.58. The zero-order valence-electron chi connectivity index (χ0n) is 12.6. The first kappa shape index (κ1) is 13.9. The summed E-state index contributed by atoms with van der Waals surface area (Å²) < 4.78 is 5.85. The van der Waals surface area contributed by atoms with Crippen LogP contribution in [0.5, 0.6) is 5.75 Å². The zero-order chi connectivity index (χ0) is 14.2. The maximum Gasteiger partial charge on any atom is 0.120 e. The molecule has 0 saturated heterocycles. The van der Waals surface area contributed by atoms with Crippen molar-refractivity contribution in [2.75, 3.05) is 0 Å². The molecule has 0 radical (unpaired) electrons. The highest BCUT2D eigenvalue weighted by Gasteiger charge is 2.36. The summed E-state index contributed by atoms with van der Waals surface area (Å²) in [5.74, 6) is 2.41. The summed E-state index contributed by atoms with van der Waals surface area (Å²) in [5.41, 5.74) is 0.395. The Kier molecular flexibility index (Phi) is 3.76. The Bertz CT molecular complexity index is 454. The zero-order valence-corrected chi connectivity index (χ0v) is 12.6. The Balaban J connectivity index is 1.71. The lowest BCUT2D eigenvalue weighted by molar-refractivity contribution is -0.0201. The third-order valence-corrected chi connectivity index (χ3v) is 5.00. The molecule has 2 nitrogen and oxygen atoms in total. The molecule has 0 amide bonds. The molecule has 1 N–H and O–H groups in total. The van der Waals surface area contributed by atoms with Gasteiger partial charge in [-0.3, -0.25) is 0 Å². The molecule has 1 aromatic carbocycles. The van der Waals surface area contributed by atoms with E-state index in [1.165, 1.54) is 12.8 Å². The van der Waals surface area contributed by atoms with E-state index in [1.54, 1.807) is 0 Å². The normalized spacial score (nSPS) is 30.5. The largest absolute Gasteiger partial charge is 0.490 e. The fourth-order valence-corrected chi connectivity index (χ4v) is 3.31. The molecule has 2 fully saturated rings. The van der Waals surface area contributed by atoms with Crippen LogP contribution < -0.4 is 4.74 Å². The number of benzene rings is 1. The molecule has 0 bridgehead atoms. The average Bonchev–Trinajstić information content (AvgIpc) is 3.23. The van der Waals surface area contributed by atoms with Crippen LogP contribution in [0.2, 0.25) is 0 Å². The molecule has 0 spiro atoms. The van der Waals surface area contributed by atoms with Gasteiger partial charge in [0.05, 0.1) is 11.7 Å². The van der Waals surface area contributed by atoms with E-state index in [0.717, 1.165) is 48.8 Å². The fourth-order valence-electron chi connectivity index (χ4n) is 3.31. The molecule has 2 saturated carbocycles. The quantitative estimate of drug-likeness (QED) is 0.889. The van der Waals surface area contributed by atoms with Gasteiger partial charge in [0, 0.05) is 0 Å². The van der Waals surface area contributed by atoms with Gasteiger partial charge in [0.1, 0.15) is 5.75 Å². The lowest BCUT2D eigenvalue weighted by Gasteiger charge is -2.38. The second-order valence-corrected chi connectivity index (χ2v) is 6.96. The van der Waals surface area contributed by atoms with Crippen LogP contribution in [-0.2, 0) is 5.60 Å².